The van der Waals surface area contributed by atoms with E-state index in [1.54, 1.807) is 0 Å². The van der Waals surface area contributed by atoms with E-state index in [-0.39, 0.29) is 6.04 Å². The Morgan fingerprint density at radius 2 is 2.00 bits per heavy atom. The van der Waals surface area contributed by atoms with Gasteiger partial charge >= 0.3 is 0 Å². The summed E-state index contributed by atoms with van der Waals surface area (Å²) in [5.41, 5.74) is 7.55. The normalized spacial score (nSPS) is 12.8. The molecular weight excluding hydrogens is 318 g/mol. The fourth-order valence-corrected chi connectivity index (χ4v) is 2.98. The summed E-state index contributed by atoms with van der Waals surface area (Å²) in [5, 5.41) is 12.2. The number of hydrogen-bond donors (Lipinski definition) is 1. The first-order valence-corrected chi connectivity index (χ1v) is 7.71. The SMILES string of the molecule is CCC(CC)C(C)n1nnnc1-c1cccc(N)c1Br. The lowest BCUT2D eigenvalue weighted by Gasteiger charge is -2.22. The molecule has 6 heteroatoms. The van der Waals surface area contributed by atoms with Gasteiger partial charge in [0.1, 0.15) is 0 Å². The second-order valence-corrected chi connectivity index (χ2v) is 5.77. The van der Waals surface area contributed by atoms with Gasteiger partial charge in [0.2, 0.25) is 0 Å². The third kappa shape index (κ3) is 2.70. The van der Waals surface area contributed by atoms with Crippen LogP contribution in [0.2, 0.25) is 0 Å². The zero-order valence-electron chi connectivity index (χ0n) is 12.0. The van der Waals surface area contributed by atoms with Crippen molar-refractivity contribution in [1.82, 2.24) is 20.2 Å². The summed E-state index contributed by atoms with van der Waals surface area (Å²) in [6, 6.07) is 5.99. The van der Waals surface area contributed by atoms with E-state index >= 15 is 0 Å². The van der Waals surface area contributed by atoms with Gasteiger partial charge in [-0.3, -0.25) is 0 Å². The Morgan fingerprint density at radius 1 is 1.30 bits per heavy atom. The number of nitrogens with two attached hydrogens (primary N) is 1. The third-order valence-corrected chi connectivity index (χ3v) is 4.76. The number of benzene rings is 1. The number of hydrogen-bond acceptors (Lipinski definition) is 4. The molecule has 0 spiro atoms. The van der Waals surface area contributed by atoms with Crippen LogP contribution in [0.15, 0.2) is 22.7 Å². The third-order valence-electron chi connectivity index (χ3n) is 3.88. The average Bonchev–Trinajstić information content (AvgIpc) is 2.92. The molecule has 108 valence electrons. The molecule has 1 heterocycles. The minimum atomic E-state index is 0.253. The standard InChI is InChI=1S/C14H20BrN5/c1-4-10(5-2)9(3)20-14(17-18-19-20)11-7-6-8-12(16)13(11)15/h6-10H,4-5,16H2,1-3H3. The number of tetrazole rings is 1. The summed E-state index contributed by atoms with van der Waals surface area (Å²) >= 11 is 3.52. The van der Waals surface area contributed by atoms with Crippen molar-refractivity contribution in [2.75, 3.05) is 5.73 Å². The molecule has 0 saturated heterocycles. The van der Waals surface area contributed by atoms with Crippen LogP contribution in [-0.4, -0.2) is 20.2 Å². The minimum Gasteiger partial charge on any atom is -0.398 e. The molecule has 0 radical (unpaired) electrons. The van der Waals surface area contributed by atoms with Crippen LogP contribution in [0.1, 0.15) is 39.7 Å². The van der Waals surface area contributed by atoms with Crippen molar-refractivity contribution < 1.29 is 0 Å². The highest BCUT2D eigenvalue weighted by atomic mass is 79.9. The zero-order valence-corrected chi connectivity index (χ0v) is 13.6. The van der Waals surface area contributed by atoms with Crippen LogP contribution in [0, 0.1) is 5.92 Å². The van der Waals surface area contributed by atoms with Crippen molar-refractivity contribution in [3.05, 3.63) is 22.7 Å². The number of rotatable bonds is 5. The highest BCUT2D eigenvalue weighted by Crippen LogP contribution is 2.33. The van der Waals surface area contributed by atoms with E-state index in [1.807, 2.05) is 22.9 Å². The van der Waals surface area contributed by atoms with Gasteiger partial charge in [0.15, 0.2) is 5.82 Å². The van der Waals surface area contributed by atoms with Crippen LogP contribution in [0.4, 0.5) is 5.69 Å². The Morgan fingerprint density at radius 3 is 2.65 bits per heavy atom. The molecular formula is C14H20BrN5. The van der Waals surface area contributed by atoms with Crippen molar-refractivity contribution >= 4 is 21.6 Å². The van der Waals surface area contributed by atoms with Crippen LogP contribution in [0.25, 0.3) is 11.4 Å². The Bertz CT molecular complexity index is 577. The van der Waals surface area contributed by atoms with E-state index in [9.17, 15) is 0 Å². The highest BCUT2D eigenvalue weighted by molar-refractivity contribution is 9.10. The minimum absolute atomic E-state index is 0.253. The Hall–Kier alpha value is -1.43. The molecule has 0 fully saturated rings. The summed E-state index contributed by atoms with van der Waals surface area (Å²) < 4.78 is 2.74. The first-order valence-electron chi connectivity index (χ1n) is 6.92. The maximum absolute atomic E-state index is 5.94. The molecule has 1 atom stereocenters. The Kier molecular flexibility index (Phi) is 4.75. The van der Waals surface area contributed by atoms with Crippen molar-refractivity contribution in [3.63, 3.8) is 0 Å². The number of anilines is 1. The number of aromatic nitrogens is 4. The molecule has 1 aromatic heterocycles. The number of nitrogen functional groups attached to an aromatic ring is 1. The van der Waals surface area contributed by atoms with Gasteiger partial charge in [0.05, 0.1) is 10.5 Å². The van der Waals surface area contributed by atoms with E-state index in [1.165, 1.54) is 0 Å². The first kappa shape index (κ1) is 15.0. The molecule has 0 bridgehead atoms. The van der Waals surface area contributed by atoms with Gasteiger partial charge in [0, 0.05) is 11.3 Å². The fraction of sp³-hybridized carbons (Fsp3) is 0.500. The number of nitrogens with zero attached hydrogens (tertiary/aromatic N) is 4. The molecule has 20 heavy (non-hydrogen) atoms. The predicted molar refractivity (Wildman–Crippen MR) is 84.1 cm³/mol. The first-order chi connectivity index (χ1) is 9.60. The molecule has 0 aliphatic heterocycles. The second kappa shape index (κ2) is 6.35. The van der Waals surface area contributed by atoms with E-state index < -0.39 is 0 Å². The predicted octanol–water partition coefficient (Wildman–Crippen LogP) is 3.68. The number of halogens is 1. The Balaban J connectivity index is 2.45. The monoisotopic (exact) mass is 337 g/mol. The van der Waals surface area contributed by atoms with E-state index in [0.717, 1.165) is 28.7 Å². The van der Waals surface area contributed by atoms with Crippen LogP contribution in [0.3, 0.4) is 0 Å². The molecule has 1 unspecified atom stereocenters. The van der Waals surface area contributed by atoms with Gasteiger partial charge < -0.3 is 5.73 Å². The van der Waals surface area contributed by atoms with Gasteiger partial charge in [-0.1, -0.05) is 32.8 Å². The largest absolute Gasteiger partial charge is 0.398 e. The van der Waals surface area contributed by atoms with Gasteiger partial charge in [-0.2, -0.15) is 0 Å². The summed E-state index contributed by atoms with van der Waals surface area (Å²) in [4.78, 5) is 0. The molecule has 2 aromatic rings. The topological polar surface area (TPSA) is 69.6 Å². The molecule has 0 amide bonds. The average molecular weight is 338 g/mol. The summed E-state index contributed by atoms with van der Waals surface area (Å²) in [5.74, 6) is 1.31. The lowest BCUT2D eigenvalue weighted by atomic mass is 9.95. The van der Waals surface area contributed by atoms with Gasteiger partial charge in [0.25, 0.3) is 0 Å². The highest BCUT2D eigenvalue weighted by Gasteiger charge is 2.22. The smallest absolute Gasteiger partial charge is 0.183 e. The van der Waals surface area contributed by atoms with Crippen LogP contribution in [-0.2, 0) is 0 Å². The molecule has 2 rings (SSSR count). The van der Waals surface area contributed by atoms with E-state index in [0.29, 0.717) is 11.6 Å². The molecule has 0 aliphatic rings. The lowest BCUT2D eigenvalue weighted by molar-refractivity contribution is 0.309. The molecule has 0 saturated carbocycles. The van der Waals surface area contributed by atoms with Gasteiger partial charge in [-0.05, 0) is 51.3 Å². The van der Waals surface area contributed by atoms with Gasteiger partial charge in [-0.15, -0.1) is 5.10 Å². The van der Waals surface area contributed by atoms with Crippen molar-refractivity contribution in [2.45, 2.75) is 39.7 Å². The van der Waals surface area contributed by atoms with Crippen molar-refractivity contribution in [1.29, 1.82) is 0 Å². The summed E-state index contributed by atoms with van der Waals surface area (Å²) in [7, 11) is 0. The maximum Gasteiger partial charge on any atom is 0.183 e. The van der Waals surface area contributed by atoms with Crippen molar-refractivity contribution in [3.8, 4) is 11.4 Å². The summed E-state index contributed by atoms with van der Waals surface area (Å²) in [6.07, 6.45) is 2.21. The lowest BCUT2D eigenvalue weighted by Crippen LogP contribution is -2.18. The molecule has 2 N–H and O–H groups in total. The van der Waals surface area contributed by atoms with Crippen molar-refractivity contribution in [2.24, 2.45) is 5.92 Å². The fourth-order valence-electron chi connectivity index (χ4n) is 2.54. The molecule has 0 aliphatic carbocycles. The zero-order chi connectivity index (χ0) is 14.7. The second-order valence-electron chi connectivity index (χ2n) is 4.97. The van der Waals surface area contributed by atoms with Crippen LogP contribution >= 0.6 is 15.9 Å². The van der Waals surface area contributed by atoms with Crippen LogP contribution in [0.5, 0.6) is 0 Å². The van der Waals surface area contributed by atoms with E-state index in [2.05, 4.69) is 52.2 Å². The van der Waals surface area contributed by atoms with Crippen LogP contribution < -0.4 is 5.73 Å². The Labute approximate surface area is 127 Å². The summed E-state index contributed by atoms with van der Waals surface area (Å²) in [6.45, 7) is 6.56. The van der Waals surface area contributed by atoms with E-state index in [4.69, 9.17) is 5.73 Å². The quantitative estimate of drug-likeness (QED) is 0.845. The molecule has 5 nitrogen and oxygen atoms in total. The van der Waals surface area contributed by atoms with Gasteiger partial charge in [-0.25, -0.2) is 4.68 Å². The molecule has 1 aromatic carbocycles. The maximum atomic E-state index is 5.94.